The Kier molecular flexibility index (Phi) is 3.25. The summed E-state index contributed by atoms with van der Waals surface area (Å²) in [7, 11) is 0. The lowest BCUT2D eigenvalue weighted by molar-refractivity contribution is -0.0498. The second kappa shape index (κ2) is 5.08. The van der Waals surface area contributed by atoms with Crippen molar-refractivity contribution in [2.24, 2.45) is 0 Å². The molecule has 0 aliphatic carbocycles. The smallest absolute Gasteiger partial charge is 0.387 e. The summed E-state index contributed by atoms with van der Waals surface area (Å²) in [6.07, 6.45) is 0. The second-order valence-electron chi connectivity index (χ2n) is 4.28. The third-order valence-corrected chi connectivity index (χ3v) is 2.84. The van der Waals surface area contributed by atoms with Crippen LogP contribution in [0.5, 0.6) is 5.75 Å². The number of halogens is 4. The standard InChI is InChI=1S/C14H8F4N2O/c15-8-5-10(16)12-11(6-8)19-13(20-12)7-2-1-3-9(4-7)21-14(17)18/h1-6,14H,(H,19,20). The third-order valence-electron chi connectivity index (χ3n) is 2.84. The summed E-state index contributed by atoms with van der Waals surface area (Å²) in [4.78, 5) is 6.74. The molecular weight excluding hydrogens is 288 g/mol. The van der Waals surface area contributed by atoms with Gasteiger partial charge in [-0.3, -0.25) is 0 Å². The quantitative estimate of drug-likeness (QED) is 0.739. The highest BCUT2D eigenvalue weighted by Crippen LogP contribution is 2.26. The molecular formula is C14H8F4N2O. The number of imidazole rings is 1. The number of benzene rings is 2. The van der Waals surface area contributed by atoms with Gasteiger partial charge in [-0.2, -0.15) is 8.78 Å². The molecule has 0 aliphatic rings. The van der Waals surface area contributed by atoms with Crippen LogP contribution in [0.2, 0.25) is 0 Å². The number of aromatic amines is 1. The molecule has 3 rings (SSSR count). The molecule has 0 aliphatic heterocycles. The van der Waals surface area contributed by atoms with Gasteiger partial charge in [-0.15, -0.1) is 0 Å². The van der Waals surface area contributed by atoms with Gasteiger partial charge in [0.2, 0.25) is 0 Å². The summed E-state index contributed by atoms with van der Waals surface area (Å²) < 4.78 is 55.4. The molecule has 0 amide bonds. The Morgan fingerprint density at radius 2 is 1.90 bits per heavy atom. The minimum absolute atomic E-state index is 0.0217. The van der Waals surface area contributed by atoms with Gasteiger partial charge in [0.15, 0.2) is 5.82 Å². The summed E-state index contributed by atoms with van der Waals surface area (Å²) >= 11 is 0. The van der Waals surface area contributed by atoms with Gasteiger partial charge in [0.1, 0.15) is 22.9 Å². The van der Waals surface area contributed by atoms with E-state index >= 15 is 0 Å². The van der Waals surface area contributed by atoms with E-state index in [4.69, 9.17) is 0 Å². The van der Waals surface area contributed by atoms with Crippen LogP contribution in [0.4, 0.5) is 17.6 Å². The van der Waals surface area contributed by atoms with Crippen molar-refractivity contribution in [2.45, 2.75) is 6.61 Å². The van der Waals surface area contributed by atoms with Gasteiger partial charge in [0.25, 0.3) is 0 Å². The molecule has 0 bridgehead atoms. The van der Waals surface area contributed by atoms with Crippen LogP contribution in [-0.4, -0.2) is 16.6 Å². The number of nitrogens with one attached hydrogen (secondary N) is 1. The average Bonchev–Trinajstić information content (AvgIpc) is 2.82. The predicted molar refractivity (Wildman–Crippen MR) is 68.1 cm³/mol. The second-order valence-corrected chi connectivity index (χ2v) is 4.28. The molecule has 1 N–H and O–H groups in total. The maximum absolute atomic E-state index is 13.6. The van der Waals surface area contributed by atoms with E-state index in [0.717, 1.165) is 12.1 Å². The minimum atomic E-state index is -2.94. The third kappa shape index (κ3) is 2.67. The molecule has 2 aromatic carbocycles. The summed E-state index contributed by atoms with van der Waals surface area (Å²) in [5, 5.41) is 0. The number of ether oxygens (including phenoxy) is 1. The maximum atomic E-state index is 13.6. The Morgan fingerprint density at radius 1 is 1.10 bits per heavy atom. The molecule has 7 heteroatoms. The predicted octanol–water partition coefficient (Wildman–Crippen LogP) is 4.11. The Hall–Kier alpha value is -2.57. The van der Waals surface area contributed by atoms with Crippen LogP contribution >= 0.6 is 0 Å². The van der Waals surface area contributed by atoms with Crippen molar-refractivity contribution in [3.63, 3.8) is 0 Å². The van der Waals surface area contributed by atoms with Crippen LogP contribution in [0.1, 0.15) is 0 Å². The molecule has 3 nitrogen and oxygen atoms in total. The van der Waals surface area contributed by atoms with E-state index in [1.54, 1.807) is 6.07 Å². The van der Waals surface area contributed by atoms with Crippen LogP contribution in [0.25, 0.3) is 22.4 Å². The number of alkyl halides is 2. The lowest BCUT2D eigenvalue weighted by atomic mass is 10.2. The topological polar surface area (TPSA) is 37.9 Å². The number of H-pyrrole nitrogens is 1. The van der Waals surface area contributed by atoms with Gasteiger partial charge in [-0.05, 0) is 18.2 Å². The molecule has 108 valence electrons. The van der Waals surface area contributed by atoms with Crippen LogP contribution < -0.4 is 4.74 Å². The van der Waals surface area contributed by atoms with Crippen LogP contribution in [0.3, 0.4) is 0 Å². The summed E-state index contributed by atoms with van der Waals surface area (Å²) in [5.74, 6) is -1.35. The first-order chi connectivity index (χ1) is 10.0. The van der Waals surface area contributed by atoms with E-state index in [1.807, 2.05) is 0 Å². The zero-order valence-corrected chi connectivity index (χ0v) is 10.4. The van der Waals surface area contributed by atoms with E-state index in [1.165, 1.54) is 18.2 Å². The van der Waals surface area contributed by atoms with Crippen molar-refractivity contribution in [3.8, 4) is 17.1 Å². The molecule has 1 aromatic heterocycles. The fraction of sp³-hybridized carbons (Fsp3) is 0.0714. The molecule has 0 saturated carbocycles. The van der Waals surface area contributed by atoms with Crippen molar-refractivity contribution >= 4 is 11.0 Å². The van der Waals surface area contributed by atoms with Gasteiger partial charge in [-0.1, -0.05) is 12.1 Å². The van der Waals surface area contributed by atoms with Crippen LogP contribution in [-0.2, 0) is 0 Å². The van der Waals surface area contributed by atoms with Crippen molar-refractivity contribution in [1.29, 1.82) is 0 Å². The molecule has 0 fully saturated rings. The van der Waals surface area contributed by atoms with Crippen LogP contribution in [0, 0.1) is 11.6 Å². The van der Waals surface area contributed by atoms with E-state index < -0.39 is 18.2 Å². The number of hydrogen-bond acceptors (Lipinski definition) is 2. The number of nitrogens with zero attached hydrogens (tertiary/aromatic N) is 1. The molecule has 0 saturated heterocycles. The van der Waals surface area contributed by atoms with Gasteiger partial charge < -0.3 is 9.72 Å². The van der Waals surface area contributed by atoms with E-state index in [2.05, 4.69) is 14.7 Å². The summed E-state index contributed by atoms with van der Waals surface area (Å²) in [5.41, 5.74) is 0.582. The molecule has 0 spiro atoms. The van der Waals surface area contributed by atoms with E-state index in [-0.39, 0.29) is 22.6 Å². The van der Waals surface area contributed by atoms with Crippen molar-refractivity contribution < 1.29 is 22.3 Å². The zero-order chi connectivity index (χ0) is 15.0. The first kappa shape index (κ1) is 13.4. The Labute approximate surface area is 116 Å². The number of fused-ring (bicyclic) bond motifs is 1. The van der Waals surface area contributed by atoms with Crippen LogP contribution in [0.15, 0.2) is 36.4 Å². The average molecular weight is 296 g/mol. The highest BCUT2D eigenvalue weighted by molar-refractivity contribution is 5.80. The maximum Gasteiger partial charge on any atom is 0.387 e. The largest absolute Gasteiger partial charge is 0.435 e. The fourth-order valence-electron chi connectivity index (χ4n) is 2.00. The Balaban J connectivity index is 2.06. The molecule has 0 radical (unpaired) electrons. The molecule has 21 heavy (non-hydrogen) atoms. The lowest BCUT2D eigenvalue weighted by Crippen LogP contribution is -2.01. The van der Waals surface area contributed by atoms with E-state index in [9.17, 15) is 17.6 Å². The highest BCUT2D eigenvalue weighted by Gasteiger charge is 2.12. The molecule has 0 unspecified atom stereocenters. The zero-order valence-electron chi connectivity index (χ0n) is 10.4. The molecule has 3 aromatic rings. The van der Waals surface area contributed by atoms with Gasteiger partial charge in [-0.25, -0.2) is 13.8 Å². The van der Waals surface area contributed by atoms with Gasteiger partial charge in [0.05, 0.1) is 5.52 Å². The highest BCUT2D eigenvalue weighted by atomic mass is 19.3. The first-order valence-electron chi connectivity index (χ1n) is 5.93. The van der Waals surface area contributed by atoms with Crippen molar-refractivity contribution in [1.82, 2.24) is 9.97 Å². The summed E-state index contributed by atoms with van der Waals surface area (Å²) in [6, 6.07) is 7.61. The van der Waals surface area contributed by atoms with Gasteiger partial charge >= 0.3 is 6.61 Å². The molecule has 0 atom stereocenters. The lowest BCUT2D eigenvalue weighted by Gasteiger charge is -2.05. The molecule has 1 heterocycles. The minimum Gasteiger partial charge on any atom is -0.435 e. The normalized spacial score (nSPS) is 11.3. The van der Waals surface area contributed by atoms with Crippen molar-refractivity contribution in [3.05, 3.63) is 48.0 Å². The number of aromatic nitrogens is 2. The fourth-order valence-corrected chi connectivity index (χ4v) is 2.00. The first-order valence-corrected chi connectivity index (χ1v) is 5.93. The SMILES string of the molecule is Fc1cc(F)c2nc(-c3cccc(OC(F)F)c3)[nH]c2c1. The van der Waals surface area contributed by atoms with E-state index in [0.29, 0.717) is 5.56 Å². The van der Waals surface area contributed by atoms with Gasteiger partial charge in [0, 0.05) is 11.6 Å². The Morgan fingerprint density at radius 3 is 2.67 bits per heavy atom. The van der Waals surface area contributed by atoms with Crippen molar-refractivity contribution in [2.75, 3.05) is 0 Å². The number of rotatable bonds is 3. The number of hydrogen-bond donors (Lipinski definition) is 1. The monoisotopic (exact) mass is 296 g/mol. The summed E-state index contributed by atoms with van der Waals surface area (Å²) in [6.45, 7) is -2.94. The Bertz CT molecular complexity index is 801.